The molecular formula is C18H26N2O2. The van der Waals surface area contributed by atoms with Gasteiger partial charge in [0.25, 0.3) is 0 Å². The van der Waals surface area contributed by atoms with Crippen LogP contribution in [0.5, 0.6) is 0 Å². The molecule has 0 spiro atoms. The number of benzene rings is 1. The first-order valence-corrected chi connectivity index (χ1v) is 7.91. The molecule has 0 aliphatic heterocycles. The van der Waals surface area contributed by atoms with E-state index in [0.29, 0.717) is 13.0 Å². The molecule has 2 aromatic rings. The highest BCUT2D eigenvalue weighted by Gasteiger charge is 2.21. The fourth-order valence-electron chi connectivity index (χ4n) is 2.48. The van der Waals surface area contributed by atoms with Gasteiger partial charge >= 0.3 is 0 Å². The van der Waals surface area contributed by atoms with Gasteiger partial charge in [0.2, 0.25) is 5.91 Å². The van der Waals surface area contributed by atoms with Crippen LogP contribution in [0, 0.1) is 13.8 Å². The molecule has 0 radical (unpaired) electrons. The summed E-state index contributed by atoms with van der Waals surface area (Å²) in [6, 6.07) is 4.10. The van der Waals surface area contributed by atoms with Gasteiger partial charge in [-0.15, -0.1) is 0 Å². The Morgan fingerprint density at radius 2 is 1.86 bits per heavy atom. The molecule has 0 saturated heterocycles. The molecule has 1 heterocycles. The minimum atomic E-state index is -0.318. The van der Waals surface area contributed by atoms with Gasteiger partial charge in [0.15, 0.2) is 0 Å². The van der Waals surface area contributed by atoms with Gasteiger partial charge < -0.3 is 15.5 Å². The normalized spacial score (nSPS) is 11.9. The first-order chi connectivity index (χ1) is 10.4. The summed E-state index contributed by atoms with van der Waals surface area (Å²) in [6.45, 7) is 8.72. The summed E-state index contributed by atoms with van der Waals surface area (Å²) in [7, 11) is 0. The number of amides is 1. The van der Waals surface area contributed by atoms with Crippen LogP contribution in [0.25, 0.3) is 11.0 Å². The van der Waals surface area contributed by atoms with E-state index in [1.54, 1.807) is 6.26 Å². The molecule has 4 nitrogen and oxygen atoms in total. The van der Waals surface area contributed by atoms with E-state index in [9.17, 15) is 4.79 Å². The summed E-state index contributed by atoms with van der Waals surface area (Å²) >= 11 is 0. The molecule has 0 saturated carbocycles. The molecule has 0 aliphatic rings. The second-order valence-electron chi connectivity index (χ2n) is 6.22. The van der Waals surface area contributed by atoms with Gasteiger partial charge in [0.05, 0.1) is 12.7 Å². The SMILES string of the molecule is CCC(N)(CC)CNC(=O)Cc1coc2cc(C)c(C)cc12. The van der Waals surface area contributed by atoms with E-state index in [0.717, 1.165) is 29.4 Å². The largest absolute Gasteiger partial charge is 0.464 e. The molecule has 120 valence electrons. The van der Waals surface area contributed by atoms with Crippen molar-refractivity contribution in [2.45, 2.75) is 52.5 Å². The molecule has 0 bridgehead atoms. The Balaban J connectivity index is 2.08. The minimum absolute atomic E-state index is 0.0161. The fraction of sp³-hybridized carbons (Fsp3) is 0.500. The number of nitrogens with two attached hydrogens (primary N) is 1. The lowest BCUT2D eigenvalue weighted by atomic mass is 9.94. The van der Waals surface area contributed by atoms with Crippen LogP contribution < -0.4 is 11.1 Å². The number of aryl methyl sites for hydroxylation is 2. The zero-order valence-corrected chi connectivity index (χ0v) is 14.0. The Kier molecular flexibility index (Phi) is 4.91. The second-order valence-corrected chi connectivity index (χ2v) is 6.22. The van der Waals surface area contributed by atoms with Crippen molar-refractivity contribution in [3.05, 3.63) is 35.1 Å². The highest BCUT2D eigenvalue weighted by molar-refractivity contribution is 5.88. The van der Waals surface area contributed by atoms with Crippen molar-refractivity contribution in [1.82, 2.24) is 5.32 Å². The van der Waals surface area contributed by atoms with Crippen molar-refractivity contribution in [3.63, 3.8) is 0 Å². The Hall–Kier alpha value is -1.81. The van der Waals surface area contributed by atoms with Gasteiger partial charge in [-0.25, -0.2) is 0 Å². The van der Waals surface area contributed by atoms with E-state index in [2.05, 4.69) is 25.2 Å². The average Bonchev–Trinajstić information content (AvgIpc) is 2.87. The monoisotopic (exact) mass is 302 g/mol. The molecular weight excluding hydrogens is 276 g/mol. The van der Waals surface area contributed by atoms with Crippen molar-refractivity contribution < 1.29 is 9.21 Å². The van der Waals surface area contributed by atoms with Crippen molar-refractivity contribution in [1.29, 1.82) is 0 Å². The molecule has 2 rings (SSSR count). The minimum Gasteiger partial charge on any atom is -0.464 e. The third kappa shape index (κ3) is 3.50. The number of rotatable bonds is 6. The molecule has 0 unspecified atom stereocenters. The summed E-state index contributed by atoms with van der Waals surface area (Å²) in [4.78, 5) is 12.2. The quantitative estimate of drug-likeness (QED) is 0.861. The molecule has 4 heteroatoms. The highest BCUT2D eigenvalue weighted by atomic mass is 16.3. The number of carbonyl (C=O) groups is 1. The van der Waals surface area contributed by atoms with Crippen LogP contribution in [0.4, 0.5) is 0 Å². The van der Waals surface area contributed by atoms with Crippen LogP contribution in [0.15, 0.2) is 22.8 Å². The summed E-state index contributed by atoms with van der Waals surface area (Å²) in [5, 5.41) is 3.97. The lowest BCUT2D eigenvalue weighted by Gasteiger charge is -2.26. The van der Waals surface area contributed by atoms with Gasteiger partial charge in [-0.3, -0.25) is 4.79 Å². The summed E-state index contributed by atoms with van der Waals surface area (Å²) in [5.41, 5.74) is 10.0. The zero-order valence-electron chi connectivity index (χ0n) is 14.0. The van der Waals surface area contributed by atoms with Crippen LogP contribution in [-0.2, 0) is 11.2 Å². The number of hydrogen-bond acceptors (Lipinski definition) is 3. The maximum atomic E-state index is 12.2. The number of hydrogen-bond donors (Lipinski definition) is 2. The zero-order chi connectivity index (χ0) is 16.3. The average molecular weight is 302 g/mol. The van der Waals surface area contributed by atoms with Crippen molar-refractivity contribution in [2.75, 3.05) is 6.54 Å². The summed E-state index contributed by atoms with van der Waals surface area (Å²) in [6.07, 6.45) is 3.69. The number of furan rings is 1. The highest BCUT2D eigenvalue weighted by Crippen LogP contribution is 2.25. The van der Waals surface area contributed by atoms with Crippen molar-refractivity contribution in [2.24, 2.45) is 5.73 Å². The lowest BCUT2D eigenvalue weighted by molar-refractivity contribution is -0.120. The predicted octanol–water partition coefficient (Wildman–Crippen LogP) is 3.23. The number of nitrogens with one attached hydrogen (secondary N) is 1. The number of fused-ring (bicyclic) bond motifs is 1. The van der Waals surface area contributed by atoms with E-state index in [4.69, 9.17) is 10.2 Å². The maximum absolute atomic E-state index is 12.2. The second kappa shape index (κ2) is 6.53. The van der Waals surface area contributed by atoms with Crippen LogP contribution in [0.3, 0.4) is 0 Å². The Labute approximate surface area is 132 Å². The van der Waals surface area contributed by atoms with E-state index in [-0.39, 0.29) is 11.4 Å². The Morgan fingerprint density at radius 3 is 2.50 bits per heavy atom. The predicted molar refractivity (Wildman–Crippen MR) is 89.9 cm³/mol. The third-order valence-electron chi connectivity index (χ3n) is 4.67. The van der Waals surface area contributed by atoms with Crippen LogP contribution in [0.1, 0.15) is 43.4 Å². The van der Waals surface area contributed by atoms with E-state index in [1.807, 2.05) is 19.9 Å². The topological polar surface area (TPSA) is 68.3 Å². The smallest absolute Gasteiger partial charge is 0.224 e. The molecule has 0 aliphatic carbocycles. The standard InChI is InChI=1S/C18H26N2O2/c1-5-18(19,6-2)11-20-17(21)9-14-10-22-16-8-13(4)12(3)7-15(14)16/h7-8,10H,5-6,9,11,19H2,1-4H3,(H,20,21). The molecule has 1 amide bonds. The fourth-order valence-corrected chi connectivity index (χ4v) is 2.48. The van der Waals surface area contributed by atoms with Crippen molar-refractivity contribution >= 4 is 16.9 Å². The van der Waals surface area contributed by atoms with Crippen LogP contribution >= 0.6 is 0 Å². The first kappa shape index (κ1) is 16.6. The first-order valence-electron chi connectivity index (χ1n) is 7.91. The van der Waals surface area contributed by atoms with Gasteiger partial charge in [-0.2, -0.15) is 0 Å². The van der Waals surface area contributed by atoms with E-state index in [1.165, 1.54) is 11.1 Å². The lowest BCUT2D eigenvalue weighted by Crippen LogP contribution is -2.49. The van der Waals surface area contributed by atoms with Crippen LogP contribution in [0.2, 0.25) is 0 Å². The Morgan fingerprint density at radius 1 is 1.23 bits per heavy atom. The molecule has 0 fully saturated rings. The molecule has 0 atom stereocenters. The van der Waals surface area contributed by atoms with Gasteiger partial charge in [0.1, 0.15) is 5.58 Å². The third-order valence-corrected chi connectivity index (χ3v) is 4.67. The molecule has 1 aromatic heterocycles. The van der Waals surface area contributed by atoms with E-state index < -0.39 is 0 Å². The summed E-state index contributed by atoms with van der Waals surface area (Å²) < 4.78 is 5.57. The number of carbonyl (C=O) groups excluding carboxylic acids is 1. The molecule has 3 N–H and O–H groups in total. The van der Waals surface area contributed by atoms with E-state index >= 15 is 0 Å². The molecule has 22 heavy (non-hydrogen) atoms. The van der Waals surface area contributed by atoms with Crippen molar-refractivity contribution in [3.8, 4) is 0 Å². The van der Waals surface area contributed by atoms with Gasteiger partial charge in [-0.05, 0) is 49.9 Å². The van der Waals surface area contributed by atoms with Gasteiger partial charge in [0, 0.05) is 23.0 Å². The van der Waals surface area contributed by atoms with Crippen LogP contribution in [-0.4, -0.2) is 18.0 Å². The Bertz CT molecular complexity index is 669. The molecule has 1 aromatic carbocycles. The maximum Gasteiger partial charge on any atom is 0.224 e. The van der Waals surface area contributed by atoms with Gasteiger partial charge in [-0.1, -0.05) is 13.8 Å². The summed E-state index contributed by atoms with van der Waals surface area (Å²) in [5.74, 6) is -0.0161.